The van der Waals surface area contributed by atoms with Crippen LogP contribution in [0.1, 0.15) is 16.2 Å². The first kappa shape index (κ1) is 15.0. The van der Waals surface area contributed by atoms with Gasteiger partial charge < -0.3 is 9.88 Å². The molecule has 0 saturated carbocycles. The summed E-state index contributed by atoms with van der Waals surface area (Å²) >= 11 is 5.70. The molecule has 1 aromatic carbocycles. The minimum Gasteiger partial charge on any atom is -0.352 e. The third-order valence-corrected chi connectivity index (χ3v) is 3.28. The van der Waals surface area contributed by atoms with Crippen LogP contribution in [-0.2, 0) is 13.5 Å². The van der Waals surface area contributed by atoms with Crippen molar-refractivity contribution in [1.29, 1.82) is 0 Å². The quantitative estimate of drug-likeness (QED) is 0.675. The summed E-state index contributed by atoms with van der Waals surface area (Å²) in [7, 11) is 1.87. The average molecular weight is 309 g/mol. The molecule has 1 heterocycles. The van der Waals surface area contributed by atoms with Crippen molar-refractivity contribution in [2.75, 3.05) is 6.54 Å². The number of nitrogens with one attached hydrogen (secondary N) is 1. The van der Waals surface area contributed by atoms with Gasteiger partial charge in [0, 0.05) is 44.0 Å². The topological polar surface area (TPSA) is 90.1 Å². The normalized spacial score (nSPS) is 10.4. The summed E-state index contributed by atoms with van der Waals surface area (Å²) in [6, 6.07) is 3.96. The molecule has 0 atom stereocenters. The van der Waals surface area contributed by atoms with Gasteiger partial charge >= 0.3 is 0 Å². The molecule has 21 heavy (non-hydrogen) atoms. The Bertz CT molecular complexity index is 684. The van der Waals surface area contributed by atoms with Crippen LogP contribution in [0.5, 0.6) is 0 Å². The lowest BCUT2D eigenvalue weighted by Crippen LogP contribution is -2.26. The predicted molar refractivity (Wildman–Crippen MR) is 77.4 cm³/mol. The van der Waals surface area contributed by atoms with E-state index in [4.69, 9.17) is 11.6 Å². The fourth-order valence-electron chi connectivity index (χ4n) is 1.82. The molecule has 0 radical (unpaired) electrons. The first-order chi connectivity index (χ1) is 9.99. The van der Waals surface area contributed by atoms with Gasteiger partial charge in [-0.15, -0.1) is 0 Å². The third-order valence-electron chi connectivity index (χ3n) is 2.96. The first-order valence-electron chi connectivity index (χ1n) is 6.17. The molecule has 2 rings (SSSR count). The average Bonchev–Trinajstić information content (AvgIpc) is 2.84. The summed E-state index contributed by atoms with van der Waals surface area (Å²) in [6.07, 6.45) is 4.07. The van der Waals surface area contributed by atoms with E-state index in [9.17, 15) is 14.9 Å². The van der Waals surface area contributed by atoms with E-state index in [1.54, 1.807) is 6.20 Å². The molecule has 0 aliphatic carbocycles. The molecule has 7 nitrogen and oxygen atoms in total. The van der Waals surface area contributed by atoms with E-state index in [0.29, 0.717) is 13.0 Å². The SMILES string of the molecule is Cn1ccnc1CCNC(=O)c1ccc(Cl)c([N+](=O)[O-])c1. The molecule has 0 fully saturated rings. The fourth-order valence-corrected chi connectivity index (χ4v) is 2.01. The van der Waals surface area contributed by atoms with Gasteiger partial charge in [-0.05, 0) is 12.1 Å². The number of nitrogens with zero attached hydrogens (tertiary/aromatic N) is 3. The molecule has 0 saturated heterocycles. The van der Waals surface area contributed by atoms with Gasteiger partial charge in [-0.3, -0.25) is 14.9 Å². The number of nitro groups is 1. The minimum atomic E-state index is -0.618. The second-order valence-corrected chi connectivity index (χ2v) is 4.79. The van der Waals surface area contributed by atoms with Crippen LogP contribution in [0.15, 0.2) is 30.6 Å². The lowest BCUT2D eigenvalue weighted by molar-refractivity contribution is -0.384. The zero-order valence-electron chi connectivity index (χ0n) is 11.2. The number of carbonyl (C=O) groups excluding carboxylic acids is 1. The lowest BCUT2D eigenvalue weighted by Gasteiger charge is -2.06. The van der Waals surface area contributed by atoms with Gasteiger partial charge in [-0.2, -0.15) is 0 Å². The molecular formula is C13H13ClN4O3. The number of benzene rings is 1. The van der Waals surface area contributed by atoms with E-state index >= 15 is 0 Å². The van der Waals surface area contributed by atoms with E-state index < -0.39 is 4.92 Å². The van der Waals surface area contributed by atoms with Crippen molar-refractivity contribution in [3.05, 3.63) is 57.1 Å². The fraction of sp³-hybridized carbons (Fsp3) is 0.231. The molecule has 0 bridgehead atoms. The standard InChI is InChI=1S/C13H13ClN4O3/c1-17-7-6-15-12(17)4-5-16-13(19)9-2-3-10(14)11(8-9)18(20)21/h2-3,6-8H,4-5H2,1H3,(H,16,19). The van der Waals surface area contributed by atoms with Crippen LogP contribution in [0.3, 0.4) is 0 Å². The highest BCUT2D eigenvalue weighted by Gasteiger charge is 2.16. The van der Waals surface area contributed by atoms with Crippen molar-refractivity contribution < 1.29 is 9.72 Å². The molecule has 1 aromatic heterocycles. The van der Waals surface area contributed by atoms with Crippen LogP contribution in [0, 0.1) is 10.1 Å². The zero-order chi connectivity index (χ0) is 15.4. The number of halogens is 1. The van der Waals surface area contributed by atoms with Gasteiger partial charge in [0.25, 0.3) is 11.6 Å². The third kappa shape index (κ3) is 3.57. The number of hydrogen-bond donors (Lipinski definition) is 1. The van der Waals surface area contributed by atoms with Crippen molar-refractivity contribution >= 4 is 23.2 Å². The number of nitro benzene ring substituents is 1. The largest absolute Gasteiger partial charge is 0.352 e. The van der Waals surface area contributed by atoms with E-state index in [1.165, 1.54) is 18.2 Å². The Kier molecular flexibility index (Phi) is 4.54. The number of imidazole rings is 1. The Morgan fingerprint density at radius 3 is 2.90 bits per heavy atom. The molecule has 1 N–H and O–H groups in total. The number of hydrogen-bond acceptors (Lipinski definition) is 4. The van der Waals surface area contributed by atoms with E-state index in [1.807, 2.05) is 17.8 Å². The second-order valence-electron chi connectivity index (χ2n) is 4.38. The summed E-state index contributed by atoms with van der Waals surface area (Å²) in [5, 5.41) is 13.5. The van der Waals surface area contributed by atoms with Gasteiger partial charge in [0.15, 0.2) is 0 Å². The van der Waals surface area contributed by atoms with E-state index in [-0.39, 0.29) is 22.2 Å². The van der Waals surface area contributed by atoms with Crippen LogP contribution < -0.4 is 5.32 Å². The summed E-state index contributed by atoms with van der Waals surface area (Å²) < 4.78 is 1.86. The van der Waals surface area contributed by atoms with Crippen molar-refractivity contribution in [3.8, 4) is 0 Å². The Morgan fingerprint density at radius 2 is 2.29 bits per heavy atom. The van der Waals surface area contributed by atoms with Crippen molar-refractivity contribution in [3.63, 3.8) is 0 Å². The Balaban J connectivity index is 1.99. The van der Waals surface area contributed by atoms with Crippen LogP contribution in [-0.4, -0.2) is 26.9 Å². The first-order valence-corrected chi connectivity index (χ1v) is 6.55. The molecule has 0 spiro atoms. The highest BCUT2D eigenvalue weighted by atomic mass is 35.5. The second kappa shape index (κ2) is 6.36. The molecule has 1 amide bonds. The van der Waals surface area contributed by atoms with E-state index in [0.717, 1.165) is 5.82 Å². The van der Waals surface area contributed by atoms with Crippen LogP contribution in [0.25, 0.3) is 0 Å². The Hall–Kier alpha value is -2.41. The van der Waals surface area contributed by atoms with Crippen LogP contribution in [0.2, 0.25) is 5.02 Å². The number of amides is 1. The summed E-state index contributed by atoms with van der Waals surface area (Å²) in [6.45, 7) is 0.389. The Morgan fingerprint density at radius 1 is 1.52 bits per heavy atom. The van der Waals surface area contributed by atoms with Crippen molar-refractivity contribution in [2.45, 2.75) is 6.42 Å². The molecule has 0 aliphatic rings. The summed E-state index contributed by atoms with van der Waals surface area (Å²) in [4.78, 5) is 26.2. The molecule has 0 aliphatic heterocycles. The number of carbonyl (C=O) groups is 1. The molecule has 110 valence electrons. The van der Waals surface area contributed by atoms with Gasteiger partial charge in [0.1, 0.15) is 10.8 Å². The monoisotopic (exact) mass is 308 g/mol. The van der Waals surface area contributed by atoms with Gasteiger partial charge in [0.2, 0.25) is 0 Å². The molecule has 0 unspecified atom stereocenters. The summed E-state index contributed by atoms with van der Waals surface area (Å²) in [5.74, 6) is 0.460. The van der Waals surface area contributed by atoms with Gasteiger partial charge in [0.05, 0.1) is 4.92 Å². The molecule has 2 aromatic rings. The van der Waals surface area contributed by atoms with Crippen molar-refractivity contribution in [2.24, 2.45) is 7.05 Å². The predicted octanol–water partition coefficient (Wildman–Crippen LogP) is 1.95. The highest BCUT2D eigenvalue weighted by molar-refractivity contribution is 6.32. The van der Waals surface area contributed by atoms with Crippen molar-refractivity contribution in [1.82, 2.24) is 14.9 Å². The lowest BCUT2D eigenvalue weighted by atomic mass is 10.2. The smallest absolute Gasteiger partial charge is 0.288 e. The zero-order valence-corrected chi connectivity index (χ0v) is 12.0. The summed E-state index contributed by atoms with van der Waals surface area (Å²) in [5.41, 5.74) is -0.0839. The number of aromatic nitrogens is 2. The van der Waals surface area contributed by atoms with Gasteiger partial charge in [-0.25, -0.2) is 4.98 Å². The van der Waals surface area contributed by atoms with Gasteiger partial charge in [-0.1, -0.05) is 11.6 Å². The van der Waals surface area contributed by atoms with E-state index in [2.05, 4.69) is 10.3 Å². The maximum absolute atomic E-state index is 11.9. The Labute approximate surface area is 125 Å². The van der Waals surface area contributed by atoms with Crippen LogP contribution in [0.4, 0.5) is 5.69 Å². The highest BCUT2D eigenvalue weighted by Crippen LogP contribution is 2.24. The molecular weight excluding hydrogens is 296 g/mol. The van der Waals surface area contributed by atoms with Crippen LogP contribution >= 0.6 is 11.6 Å². The maximum Gasteiger partial charge on any atom is 0.288 e. The number of aryl methyl sites for hydroxylation is 1. The minimum absolute atomic E-state index is 0.00422. The number of rotatable bonds is 5. The molecule has 8 heteroatoms. The maximum atomic E-state index is 11.9.